The van der Waals surface area contributed by atoms with Crippen molar-refractivity contribution in [3.63, 3.8) is 0 Å². The van der Waals surface area contributed by atoms with Crippen molar-refractivity contribution < 1.29 is 13.9 Å². The summed E-state index contributed by atoms with van der Waals surface area (Å²) >= 11 is 0. The lowest BCUT2D eigenvalue weighted by Crippen LogP contribution is -2.09. The van der Waals surface area contributed by atoms with Gasteiger partial charge in [0.2, 0.25) is 0 Å². The highest BCUT2D eigenvalue weighted by Crippen LogP contribution is 2.27. The minimum Gasteiger partial charge on any atom is -0.380 e. The number of aliphatic hydroxyl groups excluding tert-OH is 1. The average Bonchev–Trinajstić information content (AvgIpc) is 2.45. The van der Waals surface area contributed by atoms with Crippen LogP contribution < -0.4 is 0 Å². The average molecular weight is 272 g/mol. The molecule has 0 aliphatic carbocycles. The van der Waals surface area contributed by atoms with E-state index in [1.54, 1.807) is 12.1 Å². The molecule has 1 atom stereocenters. The summed E-state index contributed by atoms with van der Waals surface area (Å²) < 4.78 is 28.1. The first-order valence-corrected chi connectivity index (χ1v) is 6.21. The first-order valence-electron chi connectivity index (χ1n) is 6.21. The maximum Gasteiger partial charge on any atom is 0.166 e. The van der Waals surface area contributed by atoms with E-state index in [9.17, 15) is 13.9 Å². The minimum atomic E-state index is -1.12. The van der Waals surface area contributed by atoms with Crippen molar-refractivity contribution in [1.82, 2.24) is 0 Å². The van der Waals surface area contributed by atoms with Gasteiger partial charge < -0.3 is 5.11 Å². The molecule has 1 N–H and O–H groups in total. The third kappa shape index (κ3) is 2.87. The topological polar surface area (TPSA) is 20.2 Å². The van der Waals surface area contributed by atoms with Crippen molar-refractivity contribution in [1.29, 1.82) is 0 Å². The number of terminal acetylenes is 1. The molecule has 0 saturated carbocycles. The molecule has 0 bridgehead atoms. The molecular formula is C17H14F2O. The van der Waals surface area contributed by atoms with Crippen molar-refractivity contribution >= 4 is 0 Å². The van der Waals surface area contributed by atoms with Crippen LogP contribution in [0.3, 0.4) is 0 Å². The summed E-state index contributed by atoms with van der Waals surface area (Å²) in [5.74, 6) is 0.198. The number of benzene rings is 2. The fourth-order valence-corrected chi connectivity index (χ4v) is 1.97. The second kappa shape index (κ2) is 5.85. The fourth-order valence-electron chi connectivity index (χ4n) is 1.97. The van der Waals surface area contributed by atoms with Crippen molar-refractivity contribution in [3.05, 3.63) is 59.2 Å². The van der Waals surface area contributed by atoms with Gasteiger partial charge in [0.1, 0.15) is 6.10 Å². The number of halogens is 2. The summed E-state index contributed by atoms with van der Waals surface area (Å²) in [6.07, 6.45) is 3.81. The molecule has 2 rings (SSSR count). The van der Waals surface area contributed by atoms with Gasteiger partial charge in [-0.2, -0.15) is 0 Å². The quantitative estimate of drug-likeness (QED) is 0.848. The largest absolute Gasteiger partial charge is 0.380 e. The number of aliphatic hydroxyl groups is 1. The normalized spacial score (nSPS) is 11.9. The van der Waals surface area contributed by atoms with E-state index in [0.717, 1.165) is 5.56 Å². The Morgan fingerprint density at radius 1 is 1.10 bits per heavy atom. The fraction of sp³-hybridized carbons (Fsp3) is 0.176. The molecular weight excluding hydrogens is 258 g/mol. The summed E-state index contributed by atoms with van der Waals surface area (Å²) in [4.78, 5) is 0. The molecule has 3 heteroatoms. The van der Waals surface area contributed by atoms with Gasteiger partial charge in [-0.1, -0.05) is 47.9 Å². The SMILES string of the molecule is C#CC(O)Cc1ccc(-c2ccc(C)cc2)c(F)c1F. The lowest BCUT2D eigenvalue weighted by molar-refractivity contribution is 0.231. The molecule has 0 aromatic heterocycles. The van der Waals surface area contributed by atoms with Gasteiger partial charge in [0, 0.05) is 12.0 Å². The Labute approximate surface area is 116 Å². The zero-order valence-electron chi connectivity index (χ0n) is 11.0. The molecule has 0 heterocycles. The van der Waals surface area contributed by atoms with Gasteiger partial charge in [-0.05, 0) is 18.1 Å². The van der Waals surface area contributed by atoms with Crippen LogP contribution in [0.25, 0.3) is 11.1 Å². The lowest BCUT2D eigenvalue weighted by atomic mass is 9.99. The molecule has 2 aromatic rings. The summed E-state index contributed by atoms with van der Waals surface area (Å²) in [6, 6.07) is 10.1. The van der Waals surface area contributed by atoms with E-state index in [2.05, 4.69) is 5.92 Å². The van der Waals surface area contributed by atoms with Gasteiger partial charge in [-0.15, -0.1) is 6.42 Å². The molecule has 102 valence electrons. The maximum atomic E-state index is 14.1. The van der Waals surface area contributed by atoms with Crippen LogP contribution in [0.1, 0.15) is 11.1 Å². The highest BCUT2D eigenvalue weighted by atomic mass is 19.2. The van der Waals surface area contributed by atoms with Gasteiger partial charge in [0.15, 0.2) is 11.6 Å². The van der Waals surface area contributed by atoms with E-state index in [1.807, 2.05) is 19.1 Å². The zero-order valence-corrected chi connectivity index (χ0v) is 11.0. The minimum absolute atomic E-state index is 0.0730. The molecule has 1 nitrogen and oxygen atoms in total. The Balaban J connectivity index is 2.41. The lowest BCUT2D eigenvalue weighted by Gasteiger charge is -2.10. The number of rotatable bonds is 3. The Morgan fingerprint density at radius 3 is 2.35 bits per heavy atom. The highest BCUT2D eigenvalue weighted by molar-refractivity contribution is 5.65. The van der Waals surface area contributed by atoms with E-state index in [1.165, 1.54) is 12.1 Å². The Morgan fingerprint density at radius 2 is 1.75 bits per heavy atom. The summed E-state index contributed by atoms with van der Waals surface area (Å²) in [5, 5.41) is 9.32. The Kier molecular flexibility index (Phi) is 4.16. The second-order valence-corrected chi connectivity index (χ2v) is 4.65. The van der Waals surface area contributed by atoms with Crippen LogP contribution in [0.15, 0.2) is 36.4 Å². The van der Waals surface area contributed by atoms with Crippen LogP contribution in [0.2, 0.25) is 0 Å². The smallest absolute Gasteiger partial charge is 0.166 e. The first-order chi connectivity index (χ1) is 9.52. The molecule has 0 aliphatic heterocycles. The highest BCUT2D eigenvalue weighted by Gasteiger charge is 2.16. The maximum absolute atomic E-state index is 14.1. The van der Waals surface area contributed by atoms with Gasteiger partial charge in [0.05, 0.1) is 0 Å². The van der Waals surface area contributed by atoms with Crippen LogP contribution in [0.4, 0.5) is 8.78 Å². The third-order valence-electron chi connectivity index (χ3n) is 3.13. The van der Waals surface area contributed by atoms with Gasteiger partial charge in [-0.25, -0.2) is 8.78 Å². The molecule has 20 heavy (non-hydrogen) atoms. The van der Waals surface area contributed by atoms with E-state index in [0.29, 0.717) is 5.56 Å². The molecule has 0 spiro atoms. The standard InChI is InChI=1S/C17H14F2O/c1-3-14(20)10-13-8-9-15(17(19)16(13)18)12-6-4-11(2)5-7-12/h1,4-9,14,20H,10H2,2H3. The van der Waals surface area contributed by atoms with Crippen LogP contribution in [-0.4, -0.2) is 11.2 Å². The Bertz CT molecular complexity index is 654. The predicted octanol–water partition coefficient (Wildman–Crippen LogP) is 3.48. The third-order valence-corrected chi connectivity index (χ3v) is 3.13. The van der Waals surface area contributed by atoms with Crippen LogP contribution in [-0.2, 0) is 6.42 Å². The molecule has 0 radical (unpaired) electrons. The van der Waals surface area contributed by atoms with Gasteiger partial charge >= 0.3 is 0 Å². The van der Waals surface area contributed by atoms with Crippen LogP contribution in [0, 0.1) is 30.9 Å². The molecule has 0 aliphatic rings. The van der Waals surface area contributed by atoms with Crippen molar-refractivity contribution in [2.24, 2.45) is 0 Å². The summed E-state index contributed by atoms with van der Waals surface area (Å²) in [7, 11) is 0. The van der Waals surface area contributed by atoms with Crippen molar-refractivity contribution in [2.45, 2.75) is 19.4 Å². The number of hydrogen-bond acceptors (Lipinski definition) is 1. The predicted molar refractivity (Wildman–Crippen MR) is 75.1 cm³/mol. The van der Waals surface area contributed by atoms with Gasteiger partial charge in [0.25, 0.3) is 0 Å². The monoisotopic (exact) mass is 272 g/mol. The summed E-state index contributed by atoms with van der Waals surface area (Å²) in [6.45, 7) is 1.92. The molecule has 1 unspecified atom stereocenters. The van der Waals surface area contributed by atoms with E-state index >= 15 is 0 Å². The van der Waals surface area contributed by atoms with Crippen LogP contribution in [0.5, 0.6) is 0 Å². The van der Waals surface area contributed by atoms with Crippen LogP contribution >= 0.6 is 0 Å². The van der Waals surface area contributed by atoms with Crippen molar-refractivity contribution in [2.75, 3.05) is 0 Å². The molecule has 0 saturated heterocycles. The van der Waals surface area contributed by atoms with E-state index < -0.39 is 17.7 Å². The Hall–Kier alpha value is -2.18. The number of hydrogen-bond donors (Lipinski definition) is 1. The summed E-state index contributed by atoms with van der Waals surface area (Å²) in [5.41, 5.74) is 1.92. The second-order valence-electron chi connectivity index (χ2n) is 4.65. The number of aryl methyl sites for hydroxylation is 1. The van der Waals surface area contributed by atoms with Crippen molar-refractivity contribution in [3.8, 4) is 23.5 Å². The molecule has 2 aromatic carbocycles. The van der Waals surface area contributed by atoms with E-state index in [4.69, 9.17) is 6.42 Å². The molecule has 0 fully saturated rings. The van der Waals surface area contributed by atoms with E-state index in [-0.39, 0.29) is 17.5 Å². The zero-order chi connectivity index (χ0) is 14.7. The first kappa shape index (κ1) is 14.2. The van der Waals surface area contributed by atoms with Gasteiger partial charge in [-0.3, -0.25) is 0 Å². The molecule has 0 amide bonds.